The molecule has 0 bridgehead atoms. The van der Waals surface area contributed by atoms with E-state index in [1.54, 1.807) is 0 Å². The average Bonchev–Trinajstić information content (AvgIpc) is 3.25. The Labute approximate surface area is 153 Å². The van der Waals surface area contributed by atoms with Crippen LogP contribution in [0.3, 0.4) is 0 Å². The molecular formula is C20H26N2O2S. The molecule has 0 spiro atoms. The van der Waals surface area contributed by atoms with Crippen LogP contribution in [0.2, 0.25) is 0 Å². The van der Waals surface area contributed by atoms with E-state index in [0.717, 1.165) is 16.3 Å². The predicted octanol–water partition coefficient (Wildman–Crippen LogP) is 3.83. The number of aliphatic hydroxyl groups excluding tert-OH is 1. The quantitative estimate of drug-likeness (QED) is 0.825. The van der Waals surface area contributed by atoms with Crippen LogP contribution in [0.1, 0.15) is 64.5 Å². The van der Waals surface area contributed by atoms with E-state index < -0.39 is 6.10 Å². The summed E-state index contributed by atoms with van der Waals surface area (Å²) >= 11 is 1.52. The summed E-state index contributed by atoms with van der Waals surface area (Å²) in [6.45, 7) is 3.74. The van der Waals surface area contributed by atoms with Gasteiger partial charge in [-0.3, -0.25) is 4.79 Å². The van der Waals surface area contributed by atoms with Crippen molar-refractivity contribution >= 4 is 17.2 Å². The van der Waals surface area contributed by atoms with Crippen LogP contribution in [0.5, 0.6) is 0 Å². The third-order valence-electron chi connectivity index (χ3n) is 4.95. The van der Waals surface area contributed by atoms with E-state index in [1.165, 1.54) is 37.0 Å². The maximum Gasteiger partial charge on any atom is 0.263 e. The number of hydrogen-bond donors (Lipinski definition) is 2. The zero-order valence-electron chi connectivity index (χ0n) is 14.9. The van der Waals surface area contributed by atoms with Crippen LogP contribution < -0.4 is 5.32 Å². The summed E-state index contributed by atoms with van der Waals surface area (Å²) in [6, 6.07) is 9.52. The number of nitrogens with one attached hydrogen (secondary N) is 1. The van der Waals surface area contributed by atoms with Crippen molar-refractivity contribution in [3.05, 3.63) is 51.5 Å². The predicted molar refractivity (Wildman–Crippen MR) is 101 cm³/mol. The van der Waals surface area contributed by atoms with Gasteiger partial charge in [-0.15, -0.1) is 11.3 Å². The molecule has 134 valence electrons. The number of amides is 1. The highest BCUT2D eigenvalue weighted by Gasteiger charge is 2.25. The molecule has 1 aromatic carbocycles. The fraction of sp³-hybridized carbons (Fsp3) is 0.500. The normalized spacial score (nSPS) is 17.4. The van der Waals surface area contributed by atoms with Gasteiger partial charge in [0.15, 0.2) is 0 Å². The van der Waals surface area contributed by atoms with Crippen LogP contribution >= 0.6 is 11.3 Å². The monoisotopic (exact) mass is 358 g/mol. The molecule has 3 rings (SSSR count). The van der Waals surface area contributed by atoms with Gasteiger partial charge in [0.05, 0.1) is 22.8 Å². The van der Waals surface area contributed by atoms with Crippen molar-refractivity contribution in [1.82, 2.24) is 10.3 Å². The SMILES string of the molecule is Cc1nc(C2CCCC2)sc1C(=O)N[C@H](C)[C@@H](O)Cc1ccccc1. The Morgan fingerprint density at radius 3 is 2.68 bits per heavy atom. The molecule has 1 amide bonds. The Balaban J connectivity index is 1.61. The number of nitrogens with zero attached hydrogens (tertiary/aromatic N) is 1. The molecule has 0 aliphatic heterocycles. The van der Waals surface area contributed by atoms with E-state index in [4.69, 9.17) is 0 Å². The van der Waals surface area contributed by atoms with Crippen LogP contribution in [0.15, 0.2) is 30.3 Å². The minimum Gasteiger partial charge on any atom is -0.391 e. The minimum absolute atomic E-state index is 0.126. The third kappa shape index (κ3) is 4.47. The van der Waals surface area contributed by atoms with Gasteiger partial charge in [-0.05, 0) is 32.3 Å². The molecule has 5 heteroatoms. The molecule has 1 aromatic heterocycles. The maximum absolute atomic E-state index is 12.6. The second-order valence-electron chi connectivity index (χ2n) is 6.97. The van der Waals surface area contributed by atoms with Crippen molar-refractivity contribution in [3.8, 4) is 0 Å². The number of carbonyl (C=O) groups is 1. The maximum atomic E-state index is 12.6. The lowest BCUT2D eigenvalue weighted by Crippen LogP contribution is -2.42. The number of benzene rings is 1. The van der Waals surface area contributed by atoms with Crippen LogP contribution in [0, 0.1) is 6.92 Å². The van der Waals surface area contributed by atoms with Gasteiger partial charge in [-0.25, -0.2) is 4.98 Å². The Kier molecular flexibility index (Phi) is 5.86. The number of aryl methyl sites for hydroxylation is 1. The van der Waals surface area contributed by atoms with E-state index in [9.17, 15) is 9.90 Å². The topological polar surface area (TPSA) is 62.2 Å². The molecule has 1 saturated carbocycles. The Morgan fingerprint density at radius 1 is 1.32 bits per heavy atom. The molecule has 0 saturated heterocycles. The molecule has 1 heterocycles. The van der Waals surface area contributed by atoms with Crippen molar-refractivity contribution in [1.29, 1.82) is 0 Å². The number of aromatic nitrogens is 1. The lowest BCUT2D eigenvalue weighted by molar-refractivity contribution is 0.0855. The van der Waals surface area contributed by atoms with Crippen LogP contribution in [-0.4, -0.2) is 28.1 Å². The smallest absolute Gasteiger partial charge is 0.263 e. The highest BCUT2D eigenvalue weighted by atomic mass is 32.1. The first-order valence-electron chi connectivity index (χ1n) is 9.04. The molecule has 2 atom stereocenters. The van der Waals surface area contributed by atoms with Gasteiger partial charge in [0.25, 0.3) is 5.91 Å². The first-order chi connectivity index (χ1) is 12.0. The summed E-state index contributed by atoms with van der Waals surface area (Å²) < 4.78 is 0. The average molecular weight is 359 g/mol. The van der Waals surface area contributed by atoms with E-state index in [2.05, 4.69) is 10.3 Å². The van der Waals surface area contributed by atoms with Gasteiger partial charge >= 0.3 is 0 Å². The first-order valence-corrected chi connectivity index (χ1v) is 9.86. The largest absolute Gasteiger partial charge is 0.391 e. The molecule has 2 N–H and O–H groups in total. The van der Waals surface area contributed by atoms with Gasteiger partial charge in [0.1, 0.15) is 4.88 Å². The molecule has 0 unspecified atom stereocenters. The summed E-state index contributed by atoms with van der Waals surface area (Å²) in [7, 11) is 0. The Bertz CT molecular complexity index is 708. The van der Waals surface area contributed by atoms with E-state index in [0.29, 0.717) is 17.2 Å². The number of aliphatic hydroxyl groups is 1. The zero-order valence-corrected chi connectivity index (χ0v) is 15.7. The lowest BCUT2D eigenvalue weighted by Gasteiger charge is -2.20. The van der Waals surface area contributed by atoms with Crippen molar-refractivity contribution < 1.29 is 9.90 Å². The summed E-state index contributed by atoms with van der Waals surface area (Å²) in [5.74, 6) is 0.394. The molecule has 1 aliphatic carbocycles. The fourth-order valence-electron chi connectivity index (χ4n) is 3.38. The van der Waals surface area contributed by atoms with Gasteiger partial charge in [-0.2, -0.15) is 0 Å². The van der Waals surface area contributed by atoms with Crippen LogP contribution in [0.4, 0.5) is 0 Å². The molecule has 1 aliphatic rings. The Morgan fingerprint density at radius 2 is 2.00 bits per heavy atom. The van der Waals surface area contributed by atoms with Crippen molar-refractivity contribution in [2.24, 2.45) is 0 Å². The van der Waals surface area contributed by atoms with Crippen molar-refractivity contribution in [3.63, 3.8) is 0 Å². The number of rotatable bonds is 6. The van der Waals surface area contributed by atoms with Gasteiger partial charge < -0.3 is 10.4 Å². The summed E-state index contributed by atoms with van der Waals surface area (Å²) in [4.78, 5) is 17.9. The second kappa shape index (κ2) is 8.11. The summed E-state index contributed by atoms with van der Waals surface area (Å²) in [5.41, 5.74) is 1.86. The molecule has 4 nitrogen and oxygen atoms in total. The van der Waals surface area contributed by atoms with Gasteiger partial charge in [-0.1, -0.05) is 43.2 Å². The standard InChI is InChI=1S/C20H26N2O2S/c1-13(17(23)12-15-8-4-3-5-9-15)21-19(24)18-14(2)22-20(25-18)16-10-6-7-11-16/h3-5,8-9,13,16-17,23H,6-7,10-12H2,1-2H3,(H,21,24)/t13-,17+/m1/s1. The molecule has 2 aromatic rings. The fourth-order valence-corrected chi connectivity index (χ4v) is 4.52. The molecule has 1 fully saturated rings. The highest BCUT2D eigenvalue weighted by Crippen LogP contribution is 2.37. The number of thiazole rings is 1. The van der Waals surface area contributed by atoms with E-state index >= 15 is 0 Å². The van der Waals surface area contributed by atoms with Crippen LogP contribution in [-0.2, 0) is 6.42 Å². The van der Waals surface area contributed by atoms with Crippen molar-refractivity contribution in [2.45, 2.75) is 64.0 Å². The Hall–Kier alpha value is -1.72. The van der Waals surface area contributed by atoms with Gasteiger partial charge in [0, 0.05) is 12.3 Å². The number of hydrogen-bond acceptors (Lipinski definition) is 4. The summed E-state index contributed by atoms with van der Waals surface area (Å²) in [6.07, 6.45) is 4.78. The highest BCUT2D eigenvalue weighted by molar-refractivity contribution is 7.13. The second-order valence-corrected chi connectivity index (χ2v) is 8.00. The lowest BCUT2D eigenvalue weighted by atomic mass is 10.0. The first kappa shape index (κ1) is 18.1. The minimum atomic E-state index is -0.617. The third-order valence-corrected chi connectivity index (χ3v) is 6.27. The molecular weight excluding hydrogens is 332 g/mol. The van der Waals surface area contributed by atoms with E-state index in [-0.39, 0.29) is 11.9 Å². The van der Waals surface area contributed by atoms with Crippen LogP contribution in [0.25, 0.3) is 0 Å². The molecule has 0 radical (unpaired) electrons. The number of carbonyl (C=O) groups excluding carboxylic acids is 1. The zero-order chi connectivity index (χ0) is 17.8. The summed E-state index contributed by atoms with van der Waals surface area (Å²) in [5, 5.41) is 14.4. The van der Waals surface area contributed by atoms with E-state index in [1.807, 2.05) is 44.2 Å². The molecule has 25 heavy (non-hydrogen) atoms. The van der Waals surface area contributed by atoms with Crippen molar-refractivity contribution in [2.75, 3.05) is 0 Å². The van der Waals surface area contributed by atoms with Gasteiger partial charge in [0.2, 0.25) is 0 Å².